The Morgan fingerprint density at radius 2 is 2.00 bits per heavy atom. The van der Waals surface area contributed by atoms with Crippen LogP contribution in [0.1, 0.15) is 15.9 Å². The molecule has 0 fully saturated rings. The molecule has 0 aliphatic rings. The first-order valence-electron chi connectivity index (χ1n) is 6.11. The van der Waals surface area contributed by atoms with E-state index < -0.39 is 6.61 Å². The number of carbonyl (C=O) groups excluding carboxylic acids is 1. The molecule has 0 saturated heterocycles. The fourth-order valence-corrected chi connectivity index (χ4v) is 1.91. The highest BCUT2D eigenvalue weighted by Crippen LogP contribution is 2.17. The molecule has 1 amide bonds. The van der Waals surface area contributed by atoms with Gasteiger partial charge in [-0.1, -0.05) is 12.1 Å². The Hall–Kier alpha value is -2.08. The van der Waals surface area contributed by atoms with E-state index in [0.717, 1.165) is 5.56 Å². The summed E-state index contributed by atoms with van der Waals surface area (Å²) in [5, 5.41) is 2.73. The fourth-order valence-electron chi connectivity index (χ4n) is 1.71. The van der Waals surface area contributed by atoms with Crippen LogP contribution < -0.4 is 10.1 Å². The minimum Gasteiger partial charge on any atom is -0.452 e. The number of hydrogen-bond acceptors (Lipinski definition) is 3. The highest BCUT2D eigenvalue weighted by Gasteiger charge is 2.12. The lowest BCUT2D eigenvalue weighted by Gasteiger charge is -2.06. The van der Waals surface area contributed by atoms with Gasteiger partial charge in [-0.3, -0.25) is 4.79 Å². The average molecular weight is 316 g/mol. The summed E-state index contributed by atoms with van der Waals surface area (Å²) in [6, 6.07) is 7.71. The quantitative estimate of drug-likeness (QED) is 0.887. The third-order valence-electron chi connectivity index (χ3n) is 2.71. The van der Waals surface area contributed by atoms with E-state index in [1.807, 2.05) is 0 Å². The van der Waals surface area contributed by atoms with Gasteiger partial charge in [-0.25, -0.2) is 0 Å². The van der Waals surface area contributed by atoms with Crippen molar-refractivity contribution in [2.24, 2.45) is 0 Å². The smallest absolute Gasteiger partial charge is 0.387 e. The normalized spacial score (nSPS) is 10.7. The molecule has 2 aromatic rings. The molecule has 1 N–H and O–H groups in total. The minimum atomic E-state index is -2.84. The van der Waals surface area contributed by atoms with Crippen LogP contribution in [0, 0.1) is 0 Å². The summed E-state index contributed by atoms with van der Waals surface area (Å²) in [7, 11) is 0. The number of nitrogens with one attached hydrogen (secondary N) is 1. The van der Waals surface area contributed by atoms with Crippen molar-refractivity contribution in [1.82, 2.24) is 5.32 Å². The van der Waals surface area contributed by atoms with E-state index in [1.54, 1.807) is 12.1 Å². The van der Waals surface area contributed by atoms with E-state index >= 15 is 0 Å². The number of halogens is 3. The predicted octanol–water partition coefficient (Wildman–Crippen LogP) is 3.51. The first-order valence-corrected chi connectivity index (χ1v) is 6.49. The largest absolute Gasteiger partial charge is 0.452 e. The van der Waals surface area contributed by atoms with Gasteiger partial charge in [0.1, 0.15) is 5.75 Å². The molecular formula is C14H12ClF2NO3. The van der Waals surface area contributed by atoms with E-state index in [2.05, 4.69) is 10.1 Å². The van der Waals surface area contributed by atoms with Crippen LogP contribution in [0.15, 0.2) is 41.0 Å². The summed E-state index contributed by atoms with van der Waals surface area (Å²) >= 11 is 5.69. The van der Waals surface area contributed by atoms with Crippen LogP contribution in [0.25, 0.3) is 0 Å². The van der Waals surface area contributed by atoms with Gasteiger partial charge in [-0.2, -0.15) is 8.78 Å². The summed E-state index contributed by atoms with van der Waals surface area (Å²) in [6.07, 6.45) is 1.88. The van der Waals surface area contributed by atoms with Gasteiger partial charge >= 0.3 is 6.61 Å². The van der Waals surface area contributed by atoms with E-state index in [4.69, 9.17) is 16.0 Å². The van der Waals surface area contributed by atoms with E-state index in [9.17, 15) is 13.6 Å². The molecule has 0 bridgehead atoms. The number of amides is 1. The fraction of sp³-hybridized carbons (Fsp3) is 0.214. The second-order valence-corrected chi connectivity index (χ2v) is 4.48. The predicted molar refractivity (Wildman–Crippen MR) is 72.8 cm³/mol. The standard InChI is InChI=1S/C14H12ClF2NO3/c15-12-11(6-8-20-12)13(19)18-7-5-9-1-3-10(4-2-9)21-14(16)17/h1-4,6,8,14H,5,7H2,(H,18,19). The van der Waals surface area contributed by atoms with Crippen LogP contribution in [-0.2, 0) is 6.42 Å². The molecular weight excluding hydrogens is 304 g/mol. The summed E-state index contributed by atoms with van der Waals surface area (Å²) in [5.41, 5.74) is 1.16. The molecule has 0 aliphatic carbocycles. The Labute approximate surface area is 124 Å². The first kappa shape index (κ1) is 15.3. The molecule has 7 heteroatoms. The monoisotopic (exact) mass is 315 g/mol. The first-order chi connectivity index (χ1) is 10.1. The molecule has 0 atom stereocenters. The van der Waals surface area contributed by atoms with Crippen molar-refractivity contribution in [3.8, 4) is 5.75 Å². The van der Waals surface area contributed by atoms with Gasteiger partial charge in [0, 0.05) is 6.54 Å². The van der Waals surface area contributed by atoms with Crippen molar-refractivity contribution in [2.45, 2.75) is 13.0 Å². The second kappa shape index (κ2) is 7.08. The van der Waals surface area contributed by atoms with Crippen LogP contribution in [0.5, 0.6) is 5.75 Å². The lowest BCUT2D eigenvalue weighted by Crippen LogP contribution is -2.25. The molecule has 0 radical (unpaired) electrons. The third-order valence-corrected chi connectivity index (χ3v) is 3.00. The summed E-state index contributed by atoms with van der Waals surface area (Å²) in [4.78, 5) is 11.7. The molecule has 1 aromatic carbocycles. The van der Waals surface area contributed by atoms with E-state index in [-0.39, 0.29) is 22.4 Å². The highest BCUT2D eigenvalue weighted by atomic mass is 35.5. The van der Waals surface area contributed by atoms with Gasteiger partial charge < -0.3 is 14.5 Å². The molecule has 21 heavy (non-hydrogen) atoms. The van der Waals surface area contributed by atoms with Gasteiger partial charge in [-0.05, 0) is 41.8 Å². The molecule has 2 rings (SSSR count). The van der Waals surface area contributed by atoms with E-state index in [1.165, 1.54) is 24.5 Å². The Kier molecular flexibility index (Phi) is 5.16. The molecule has 1 aromatic heterocycles. The van der Waals surface area contributed by atoms with Gasteiger partial charge in [0.25, 0.3) is 5.91 Å². The van der Waals surface area contributed by atoms with Crippen LogP contribution in [0.4, 0.5) is 8.78 Å². The summed E-state index contributed by atoms with van der Waals surface area (Å²) < 4.78 is 33.1. The van der Waals surface area contributed by atoms with Gasteiger partial charge in [0.15, 0.2) is 0 Å². The lowest BCUT2D eigenvalue weighted by atomic mass is 10.1. The number of furan rings is 1. The number of hydrogen-bond donors (Lipinski definition) is 1. The van der Waals surface area contributed by atoms with Gasteiger partial charge in [0.2, 0.25) is 5.22 Å². The number of carbonyl (C=O) groups is 1. The summed E-state index contributed by atoms with van der Waals surface area (Å²) in [5.74, 6) is -0.227. The Balaban J connectivity index is 1.81. The van der Waals surface area contributed by atoms with Crippen LogP contribution in [-0.4, -0.2) is 19.1 Å². The molecule has 1 heterocycles. The Morgan fingerprint density at radius 3 is 2.57 bits per heavy atom. The zero-order chi connectivity index (χ0) is 15.2. The molecule has 0 aliphatic heterocycles. The van der Waals surface area contributed by atoms with Gasteiger partial charge in [0.05, 0.1) is 11.8 Å². The zero-order valence-electron chi connectivity index (χ0n) is 10.8. The lowest BCUT2D eigenvalue weighted by molar-refractivity contribution is -0.0498. The third kappa shape index (κ3) is 4.46. The van der Waals surface area contributed by atoms with Crippen molar-refractivity contribution in [2.75, 3.05) is 6.54 Å². The van der Waals surface area contributed by atoms with Gasteiger partial charge in [-0.15, -0.1) is 0 Å². The molecule has 0 saturated carbocycles. The highest BCUT2D eigenvalue weighted by molar-refractivity contribution is 6.32. The van der Waals surface area contributed by atoms with E-state index in [0.29, 0.717) is 13.0 Å². The van der Waals surface area contributed by atoms with Crippen molar-refractivity contribution >= 4 is 17.5 Å². The van der Waals surface area contributed by atoms with Crippen LogP contribution in [0.3, 0.4) is 0 Å². The Morgan fingerprint density at radius 1 is 1.29 bits per heavy atom. The number of benzene rings is 1. The zero-order valence-corrected chi connectivity index (χ0v) is 11.6. The van der Waals surface area contributed by atoms with Crippen molar-refractivity contribution < 1.29 is 22.7 Å². The Bertz CT molecular complexity index is 599. The van der Waals surface area contributed by atoms with Crippen LogP contribution >= 0.6 is 11.6 Å². The number of alkyl halides is 2. The second-order valence-electron chi connectivity index (χ2n) is 4.14. The topological polar surface area (TPSA) is 51.5 Å². The van der Waals surface area contributed by atoms with Crippen molar-refractivity contribution in [1.29, 1.82) is 0 Å². The maximum atomic E-state index is 12.0. The number of rotatable bonds is 6. The van der Waals surface area contributed by atoms with Crippen molar-refractivity contribution in [3.63, 3.8) is 0 Å². The maximum absolute atomic E-state index is 12.0. The average Bonchev–Trinajstić information content (AvgIpc) is 2.86. The molecule has 0 unspecified atom stereocenters. The molecule has 112 valence electrons. The van der Waals surface area contributed by atoms with Crippen molar-refractivity contribution in [3.05, 3.63) is 52.9 Å². The molecule has 4 nitrogen and oxygen atoms in total. The van der Waals surface area contributed by atoms with Crippen LogP contribution in [0.2, 0.25) is 5.22 Å². The molecule has 0 spiro atoms. The number of ether oxygens (including phenoxy) is 1. The summed E-state index contributed by atoms with van der Waals surface area (Å²) in [6.45, 7) is -2.45. The maximum Gasteiger partial charge on any atom is 0.387 e. The minimum absolute atomic E-state index is 0.0426. The SMILES string of the molecule is O=C(NCCc1ccc(OC(F)F)cc1)c1ccoc1Cl.